The SMILES string of the molecule is CCNC(=O)c1ccc(NCCc2csc(C)n2)c(N)c1. The summed E-state index contributed by atoms with van der Waals surface area (Å²) in [5, 5.41) is 9.18. The normalized spacial score (nSPS) is 10.4. The van der Waals surface area contributed by atoms with Crippen molar-refractivity contribution in [2.45, 2.75) is 20.3 Å². The molecule has 0 spiro atoms. The highest BCUT2D eigenvalue weighted by Gasteiger charge is 2.07. The number of carbonyl (C=O) groups is 1. The highest BCUT2D eigenvalue weighted by Crippen LogP contribution is 2.20. The zero-order valence-electron chi connectivity index (χ0n) is 12.3. The Morgan fingerprint density at radius 1 is 1.43 bits per heavy atom. The molecule has 0 atom stereocenters. The number of benzene rings is 1. The lowest BCUT2D eigenvalue weighted by Crippen LogP contribution is -2.22. The van der Waals surface area contributed by atoms with Crippen LogP contribution >= 0.6 is 11.3 Å². The van der Waals surface area contributed by atoms with E-state index in [0.29, 0.717) is 17.8 Å². The minimum Gasteiger partial charge on any atom is -0.397 e. The summed E-state index contributed by atoms with van der Waals surface area (Å²) in [6.45, 7) is 5.25. The fourth-order valence-electron chi connectivity index (χ4n) is 1.98. The van der Waals surface area contributed by atoms with Crippen LogP contribution in [0, 0.1) is 6.92 Å². The smallest absolute Gasteiger partial charge is 0.251 e. The summed E-state index contributed by atoms with van der Waals surface area (Å²) in [4.78, 5) is 16.1. The van der Waals surface area contributed by atoms with Gasteiger partial charge in [-0.2, -0.15) is 0 Å². The van der Waals surface area contributed by atoms with E-state index in [1.165, 1.54) is 0 Å². The van der Waals surface area contributed by atoms with Crippen LogP contribution in [0.25, 0.3) is 0 Å². The molecule has 21 heavy (non-hydrogen) atoms. The van der Waals surface area contributed by atoms with E-state index >= 15 is 0 Å². The summed E-state index contributed by atoms with van der Waals surface area (Å²) in [6.07, 6.45) is 0.849. The van der Waals surface area contributed by atoms with Crippen molar-refractivity contribution in [3.8, 4) is 0 Å². The molecule has 0 bridgehead atoms. The van der Waals surface area contributed by atoms with Crippen LogP contribution < -0.4 is 16.4 Å². The van der Waals surface area contributed by atoms with Gasteiger partial charge in [0.25, 0.3) is 5.91 Å². The number of nitrogens with one attached hydrogen (secondary N) is 2. The third-order valence-electron chi connectivity index (χ3n) is 3.01. The molecule has 0 saturated carbocycles. The van der Waals surface area contributed by atoms with Crippen LogP contribution in [-0.4, -0.2) is 24.0 Å². The molecule has 6 heteroatoms. The van der Waals surface area contributed by atoms with Gasteiger partial charge in [0.15, 0.2) is 0 Å². The molecule has 0 unspecified atom stereocenters. The molecular formula is C15H20N4OS. The summed E-state index contributed by atoms with van der Waals surface area (Å²) in [6, 6.07) is 5.31. The number of amides is 1. The fourth-order valence-corrected chi connectivity index (χ4v) is 2.62. The van der Waals surface area contributed by atoms with Crippen molar-refractivity contribution in [1.82, 2.24) is 10.3 Å². The number of anilines is 2. The van der Waals surface area contributed by atoms with Gasteiger partial charge in [-0.05, 0) is 32.0 Å². The molecule has 0 aliphatic heterocycles. The van der Waals surface area contributed by atoms with Crippen molar-refractivity contribution in [3.63, 3.8) is 0 Å². The Morgan fingerprint density at radius 2 is 2.24 bits per heavy atom. The summed E-state index contributed by atoms with van der Waals surface area (Å²) in [5.41, 5.74) is 9.07. The van der Waals surface area contributed by atoms with Gasteiger partial charge in [-0.1, -0.05) is 0 Å². The van der Waals surface area contributed by atoms with Gasteiger partial charge in [-0.3, -0.25) is 4.79 Å². The van der Waals surface area contributed by atoms with E-state index in [0.717, 1.165) is 29.4 Å². The number of rotatable bonds is 6. The topological polar surface area (TPSA) is 80.0 Å². The van der Waals surface area contributed by atoms with Gasteiger partial charge in [0.05, 0.1) is 22.1 Å². The van der Waals surface area contributed by atoms with Crippen LogP contribution in [0.2, 0.25) is 0 Å². The van der Waals surface area contributed by atoms with E-state index in [1.807, 2.05) is 19.9 Å². The molecule has 1 amide bonds. The Hall–Kier alpha value is -2.08. The Bertz CT molecular complexity index is 624. The molecule has 4 N–H and O–H groups in total. The lowest BCUT2D eigenvalue weighted by Gasteiger charge is -2.10. The van der Waals surface area contributed by atoms with E-state index < -0.39 is 0 Å². The molecule has 0 radical (unpaired) electrons. The largest absolute Gasteiger partial charge is 0.397 e. The molecular weight excluding hydrogens is 284 g/mol. The van der Waals surface area contributed by atoms with E-state index in [9.17, 15) is 4.79 Å². The maximum Gasteiger partial charge on any atom is 0.251 e. The second-order valence-corrected chi connectivity index (χ2v) is 5.76. The highest BCUT2D eigenvalue weighted by atomic mass is 32.1. The van der Waals surface area contributed by atoms with Crippen LogP contribution in [0.5, 0.6) is 0 Å². The minimum atomic E-state index is -0.103. The quantitative estimate of drug-likeness (QED) is 0.716. The number of aryl methyl sites for hydroxylation is 1. The van der Waals surface area contributed by atoms with Gasteiger partial charge in [0, 0.05) is 30.5 Å². The zero-order valence-corrected chi connectivity index (χ0v) is 13.1. The van der Waals surface area contributed by atoms with Crippen molar-refractivity contribution in [3.05, 3.63) is 39.8 Å². The van der Waals surface area contributed by atoms with Gasteiger partial charge in [0.2, 0.25) is 0 Å². The Labute approximate surface area is 128 Å². The summed E-state index contributed by atoms with van der Waals surface area (Å²) in [7, 11) is 0. The van der Waals surface area contributed by atoms with Gasteiger partial charge in [-0.15, -0.1) is 11.3 Å². The number of nitrogen functional groups attached to an aromatic ring is 1. The lowest BCUT2D eigenvalue weighted by molar-refractivity contribution is 0.0956. The van der Waals surface area contributed by atoms with Crippen LogP contribution in [0.4, 0.5) is 11.4 Å². The average Bonchev–Trinajstić information content (AvgIpc) is 2.86. The molecule has 2 rings (SSSR count). The maximum atomic E-state index is 11.7. The molecule has 1 heterocycles. The highest BCUT2D eigenvalue weighted by molar-refractivity contribution is 7.09. The Balaban J connectivity index is 1.93. The first-order valence-corrected chi connectivity index (χ1v) is 7.80. The molecule has 112 valence electrons. The molecule has 0 aliphatic rings. The fraction of sp³-hybridized carbons (Fsp3) is 0.333. The lowest BCUT2D eigenvalue weighted by atomic mass is 10.1. The van der Waals surface area contributed by atoms with Gasteiger partial charge < -0.3 is 16.4 Å². The van der Waals surface area contributed by atoms with Crippen molar-refractivity contribution in [2.75, 3.05) is 24.1 Å². The Morgan fingerprint density at radius 3 is 2.86 bits per heavy atom. The molecule has 2 aromatic rings. The second-order valence-electron chi connectivity index (χ2n) is 4.70. The molecule has 1 aromatic carbocycles. The molecule has 0 saturated heterocycles. The average molecular weight is 304 g/mol. The first-order valence-electron chi connectivity index (χ1n) is 6.92. The summed E-state index contributed by atoms with van der Waals surface area (Å²) < 4.78 is 0. The number of carbonyl (C=O) groups excluding carboxylic acids is 1. The number of hydrogen-bond donors (Lipinski definition) is 3. The number of thiazole rings is 1. The predicted octanol–water partition coefficient (Wildman–Crippen LogP) is 2.44. The van der Waals surface area contributed by atoms with Gasteiger partial charge >= 0.3 is 0 Å². The summed E-state index contributed by atoms with van der Waals surface area (Å²) >= 11 is 1.66. The number of nitrogens with two attached hydrogens (primary N) is 1. The van der Waals surface area contributed by atoms with E-state index in [2.05, 4.69) is 21.0 Å². The zero-order chi connectivity index (χ0) is 15.2. The van der Waals surface area contributed by atoms with Gasteiger partial charge in [-0.25, -0.2) is 4.98 Å². The number of aromatic nitrogens is 1. The number of nitrogens with zero attached hydrogens (tertiary/aromatic N) is 1. The molecule has 0 fully saturated rings. The van der Waals surface area contributed by atoms with Crippen LogP contribution in [0.3, 0.4) is 0 Å². The molecule has 0 aliphatic carbocycles. The van der Waals surface area contributed by atoms with Crippen molar-refractivity contribution < 1.29 is 4.79 Å². The Kier molecular flexibility index (Phi) is 5.16. The van der Waals surface area contributed by atoms with Crippen LogP contribution in [0.15, 0.2) is 23.6 Å². The minimum absolute atomic E-state index is 0.103. The van der Waals surface area contributed by atoms with Crippen molar-refractivity contribution >= 4 is 28.6 Å². The second kappa shape index (κ2) is 7.08. The third-order valence-corrected chi connectivity index (χ3v) is 3.84. The van der Waals surface area contributed by atoms with E-state index in [-0.39, 0.29) is 5.91 Å². The van der Waals surface area contributed by atoms with Crippen LogP contribution in [-0.2, 0) is 6.42 Å². The van der Waals surface area contributed by atoms with E-state index in [1.54, 1.807) is 23.5 Å². The van der Waals surface area contributed by atoms with E-state index in [4.69, 9.17) is 5.73 Å². The van der Waals surface area contributed by atoms with Crippen molar-refractivity contribution in [2.24, 2.45) is 0 Å². The number of hydrogen-bond acceptors (Lipinski definition) is 5. The van der Waals surface area contributed by atoms with Crippen molar-refractivity contribution in [1.29, 1.82) is 0 Å². The maximum absolute atomic E-state index is 11.7. The first-order chi connectivity index (χ1) is 10.1. The van der Waals surface area contributed by atoms with Gasteiger partial charge in [0.1, 0.15) is 0 Å². The third kappa shape index (κ3) is 4.19. The summed E-state index contributed by atoms with van der Waals surface area (Å²) in [5.74, 6) is -0.103. The van der Waals surface area contributed by atoms with Crippen LogP contribution in [0.1, 0.15) is 28.0 Å². The predicted molar refractivity (Wildman–Crippen MR) is 87.9 cm³/mol. The first kappa shape index (κ1) is 15.3. The molecule has 1 aromatic heterocycles. The monoisotopic (exact) mass is 304 g/mol. The molecule has 5 nitrogen and oxygen atoms in total. The standard InChI is InChI=1S/C15H20N4OS/c1-3-17-15(20)11-4-5-14(13(16)8-11)18-7-6-12-9-21-10(2)19-12/h4-5,8-9,18H,3,6-7,16H2,1-2H3,(H,17,20).